The Morgan fingerprint density at radius 2 is 1.72 bits per heavy atom. The highest BCUT2D eigenvalue weighted by Gasteiger charge is 2.28. The van der Waals surface area contributed by atoms with Crippen LogP contribution in [0.25, 0.3) is 0 Å². The largest absolute Gasteiger partial charge is 0.378 e. The average molecular weight is 253 g/mol. The summed E-state index contributed by atoms with van der Waals surface area (Å²) in [6.45, 7) is 7.89. The molecule has 1 N–H and O–H groups in total. The molecule has 1 heterocycles. The molecular weight excluding hydrogens is 222 g/mol. The number of hydrogen-bond donors (Lipinski definition) is 1. The van der Waals surface area contributed by atoms with Crippen LogP contribution < -0.4 is 5.32 Å². The van der Waals surface area contributed by atoms with Crippen molar-refractivity contribution in [2.75, 3.05) is 6.61 Å². The summed E-state index contributed by atoms with van der Waals surface area (Å²) in [5.74, 6) is 1.57. The summed E-state index contributed by atoms with van der Waals surface area (Å²) in [4.78, 5) is 0. The average Bonchev–Trinajstić information content (AvgIpc) is 2.40. The molecule has 18 heavy (non-hydrogen) atoms. The van der Waals surface area contributed by atoms with E-state index in [0.29, 0.717) is 24.1 Å². The van der Waals surface area contributed by atoms with Crippen LogP contribution in [0.15, 0.2) is 0 Å². The Bertz CT molecular complexity index is 235. The fraction of sp³-hybridized carbons (Fsp3) is 1.00. The monoisotopic (exact) mass is 253 g/mol. The molecule has 1 saturated heterocycles. The van der Waals surface area contributed by atoms with Crippen LogP contribution >= 0.6 is 0 Å². The second-order valence-corrected chi connectivity index (χ2v) is 6.73. The maximum atomic E-state index is 5.86. The number of hydrogen-bond acceptors (Lipinski definition) is 2. The smallest absolute Gasteiger partial charge is 0.0612 e. The second kappa shape index (κ2) is 6.91. The van der Waals surface area contributed by atoms with Crippen LogP contribution in [0.5, 0.6) is 0 Å². The van der Waals surface area contributed by atoms with Crippen molar-refractivity contribution in [1.82, 2.24) is 5.32 Å². The van der Waals surface area contributed by atoms with Gasteiger partial charge < -0.3 is 10.1 Å². The maximum absolute atomic E-state index is 5.86. The van der Waals surface area contributed by atoms with Crippen molar-refractivity contribution in [1.29, 1.82) is 0 Å². The van der Waals surface area contributed by atoms with Crippen LogP contribution in [-0.4, -0.2) is 24.8 Å². The fourth-order valence-corrected chi connectivity index (χ4v) is 3.59. The van der Waals surface area contributed by atoms with Crippen LogP contribution in [0.4, 0.5) is 0 Å². The van der Waals surface area contributed by atoms with Crippen LogP contribution in [0.2, 0.25) is 0 Å². The highest BCUT2D eigenvalue weighted by atomic mass is 16.5. The van der Waals surface area contributed by atoms with Gasteiger partial charge >= 0.3 is 0 Å². The molecule has 0 aromatic rings. The quantitative estimate of drug-likeness (QED) is 0.824. The molecule has 0 bridgehead atoms. The standard InChI is InChI=1S/C16H31NO/c1-12(2)16-11-15(9-10-18-16)17-13(3)14-7-5-4-6-8-14/h12-17H,4-11H2,1-3H3/t13-,15?,16?/m1/s1. The SMILES string of the molecule is CC(C)C1CC(N[C@H](C)C2CCCCC2)CCO1. The van der Waals surface area contributed by atoms with Gasteiger partial charge in [-0.3, -0.25) is 0 Å². The lowest BCUT2D eigenvalue weighted by molar-refractivity contribution is -0.0269. The summed E-state index contributed by atoms with van der Waals surface area (Å²) in [6.07, 6.45) is 10.1. The van der Waals surface area contributed by atoms with Gasteiger partial charge in [-0.1, -0.05) is 33.1 Å². The molecule has 0 aromatic heterocycles. The van der Waals surface area contributed by atoms with Crippen LogP contribution in [-0.2, 0) is 4.74 Å². The fourth-order valence-electron chi connectivity index (χ4n) is 3.59. The van der Waals surface area contributed by atoms with Gasteiger partial charge in [0.15, 0.2) is 0 Å². The molecule has 2 heteroatoms. The molecule has 2 unspecified atom stereocenters. The van der Waals surface area contributed by atoms with Crippen molar-refractivity contribution in [3.8, 4) is 0 Å². The molecule has 1 aliphatic heterocycles. The van der Waals surface area contributed by atoms with Crippen LogP contribution in [0, 0.1) is 11.8 Å². The second-order valence-electron chi connectivity index (χ2n) is 6.73. The minimum atomic E-state index is 0.467. The van der Waals surface area contributed by atoms with Crippen molar-refractivity contribution >= 4 is 0 Å². The Morgan fingerprint density at radius 3 is 2.39 bits per heavy atom. The molecule has 2 nitrogen and oxygen atoms in total. The van der Waals surface area contributed by atoms with E-state index in [0.717, 1.165) is 12.5 Å². The van der Waals surface area contributed by atoms with Gasteiger partial charge in [0.05, 0.1) is 6.10 Å². The van der Waals surface area contributed by atoms with E-state index in [-0.39, 0.29) is 0 Å². The zero-order valence-corrected chi connectivity index (χ0v) is 12.5. The first-order valence-corrected chi connectivity index (χ1v) is 8.04. The molecule has 0 amide bonds. The first-order chi connectivity index (χ1) is 8.66. The van der Waals surface area contributed by atoms with Crippen LogP contribution in [0.1, 0.15) is 65.7 Å². The van der Waals surface area contributed by atoms with Gasteiger partial charge in [-0.25, -0.2) is 0 Å². The van der Waals surface area contributed by atoms with Crippen LogP contribution in [0.3, 0.4) is 0 Å². The minimum Gasteiger partial charge on any atom is -0.378 e. The predicted molar refractivity (Wildman–Crippen MR) is 76.8 cm³/mol. The van der Waals surface area contributed by atoms with Crippen molar-refractivity contribution in [3.05, 3.63) is 0 Å². The molecule has 2 fully saturated rings. The Labute approximate surface area is 113 Å². The summed E-state index contributed by atoms with van der Waals surface area (Å²) in [7, 11) is 0. The molecule has 1 saturated carbocycles. The Morgan fingerprint density at radius 1 is 1.00 bits per heavy atom. The van der Waals surface area contributed by atoms with E-state index in [4.69, 9.17) is 4.74 Å². The summed E-state index contributed by atoms with van der Waals surface area (Å²) in [6, 6.07) is 1.38. The molecule has 3 atom stereocenters. The third-order valence-corrected chi connectivity index (χ3v) is 4.91. The topological polar surface area (TPSA) is 21.3 Å². The number of rotatable bonds is 4. The third-order valence-electron chi connectivity index (χ3n) is 4.91. The normalized spacial score (nSPS) is 32.7. The zero-order chi connectivity index (χ0) is 13.0. The van der Waals surface area contributed by atoms with Crippen molar-refractivity contribution in [3.63, 3.8) is 0 Å². The molecular formula is C16H31NO. The summed E-state index contributed by atoms with van der Waals surface area (Å²) in [5.41, 5.74) is 0. The molecule has 0 aromatic carbocycles. The van der Waals surface area contributed by atoms with E-state index < -0.39 is 0 Å². The molecule has 2 rings (SSSR count). The third kappa shape index (κ3) is 3.96. The number of nitrogens with one attached hydrogen (secondary N) is 1. The molecule has 2 aliphatic rings. The van der Waals surface area contributed by atoms with Gasteiger partial charge in [0.2, 0.25) is 0 Å². The Kier molecular flexibility index (Phi) is 5.50. The molecule has 0 radical (unpaired) electrons. The van der Waals surface area contributed by atoms with Gasteiger partial charge in [-0.2, -0.15) is 0 Å². The molecule has 0 spiro atoms. The lowest BCUT2D eigenvalue weighted by Gasteiger charge is -2.37. The van der Waals surface area contributed by atoms with Gasteiger partial charge in [-0.15, -0.1) is 0 Å². The molecule has 1 aliphatic carbocycles. The lowest BCUT2D eigenvalue weighted by Crippen LogP contribution is -2.47. The summed E-state index contributed by atoms with van der Waals surface area (Å²) in [5, 5.41) is 3.89. The van der Waals surface area contributed by atoms with Crippen molar-refractivity contribution in [2.45, 2.75) is 83.9 Å². The van der Waals surface area contributed by atoms with E-state index in [1.54, 1.807) is 0 Å². The van der Waals surface area contributed by atoms with E-state index in [1.807, 2.05) is 0 Å². The van der Waals surface area contributed by atoms with Gasteiger partial charge in [0.1, 0.15) is 0 Å². The van der Waals surface area contributed by atoms with E-state index >= 15 is 0 Å². The van der Waals surface area contributed by atoms with Crippen molar-refractivity contribution in [2.24, 2.45) is 11.8 Å². The first-order valence-electron chi connectivity index (χ1n) is 8.04. The lowest BCUT2D eigenvalue weighted by atomic mass is 9.84. The molecule has 106 valence electrons. The van der Waals surface area contributed by atoms with Crippen molar-refractivity contribution < 1.29 is 4.74 Å². The van der Waals surface area contributed by atoms with E-state index in [2.05, 4.69) is 26.1 Å². The van der Waals surface area contributed by atoms with Gasteiger partial charge in [0.25, 0.3) is 0 Å². The maximum Gasteiger partial charge on any atom is 0.0612 e. The number of ether oxygens (including phenoxy) is 1. The van der Waals surface area contributed by atoms with Gasteiger partial charge in [0, 0.05) is 18.7 Å². The highest BCUT2D eigenvalue weighted by molar-refractivity contribution is 4.84. The Hall–Kier alpha value is -0.0800. The minimum absolute atomic E-state index is 0.467. The highest BCUT2D eigenvalue weighted by Crippen LogP contribution is 2.28. The predicted octanol–water partition coefficient (Wildman–Crippen LogP) is 3.75. The zero-order valence-electron chi connectivity index (χ0n) is 12.5. The first kappa shape index (κ1) is 14.3. The van der Waals surface area contributed by atoms with E-state index in [9.17, 15) is 0 Å². The summed E-state index contributed by atoms with van der Waals surface area (Å²) >= 11 is 0. The summed E-state index contributed by atoms with van der Waals surface area (Å²) < 4.78 is 5.86. The Balaban J connectivity index is 1.77. The van der Waals surface area contributed by atoms with Gasteiger partial charge in [-0.05, 0) is 44.4 Å². The van der Waals surface area contributed by atoms with E-state index in [1.165, 1.54) is 44.9 Å².